The highest BCUT2D eigenvalue weighted by molar-refractivity contribution is 5.90. The van der Waals surface area contributed by atoms with Crippen LogP contribution in [-0.4, -0.2) is 126 Å². The Morgan fingerprint density at radius 1 is 0.312 bits per heavy atom. The highest BCUT2D eigenvalue weighted by Gasteiger charge is 2.29. The molecule has 4 aromatic carbocycles. The van der Waals surface area contributed by atoms with E-state index in [1.807, 2.05) is 92.1 Å². The van der Waals surface area contributed by atoms with E-state index in [-0.39, 0.29) is 55.8 Å². The van der Waals surface area contributed by atoms with Gasteiger partial charge in [-0.15, -0.1) is 0 Å². The zero-order chi connectivity index (χ0) is 75.2. The third-order valence-corrected chi connectivity index (χ3v) is 20.9. The average Bonchev–Trinajstić information content (AvgIpc) is 1.70. The standard InChI is InChI=1S/4C20H27N7.CH4/c4*1-3-27-12-22-17-18(23-14-8-6-7-13(2)11-14)25-20(26-19(17)27)24-16-10-5-4-9-15(16)21;/h4*6-8,11-12,15-16H,3-5,9-10,21H2,1-2H3,(H2,23,24,25,26);1H4/t2*15-,16+;2*15-,16-;/m1010./s1. The van der Waals surface area contributed by atoms with Crippen molar-refractivity contribution in [1.29, 1.82) is 0 Å². The number of aryl methyl sites for hydroxylation is 8. The van der Waals surface area contributed by atoms with Crippen molar-refractivity contribution in [2.24, 2.45) is 22.9 Å². The summed E-state index contributed by atoms with van der Waals surface area (Å²) in [6.45, 7) is 19.9. The molecule has 28 heteroatoms. The molecular formula is C81H112N28. The van der Waals surface area contributed by atoms with Gasteiger partial charge in [-0.05, 0) is 178 Å². The van der Waals surface area contributed by atoms with Gasteiger partial charge in [-0.2, -0.15) is 39.9 Å². The Kier molecular flexibility index (Phi) is 26.1. The normalized spacial score (nSPS) is 19.8. The Morgan fingerprint density at radius 3 is 0.716 bits per heavy atom. The van der Waals surface area contributed by atoms with Gasteiger partial charge < -0.3 is 83.7 Å². The van der Waals surface area contributed by atoms with Crippen LogP contribution < -0.4 is 65.5 Å². The molecule has 16 rings (SSSR count). The Labute approximate surface area is 639 Å². The zero-order valence-corrected chi connectivity index (χ0v) is 63.8. The summed E-state index contributed by atoms with van der Waals surface area (Å²) in [6.07, 6.45) is 25.2. The summed E-state index contributed by atoms with van der Waals surface area (Å²) < 4.78 is 8.13. The Hall–Kier alpha value is -10.7. The Morgan fingerprint density at radius 2 is 0.523 bits per heavy atom. The molecule has 0 amide bonds. The number of rotatable bonds is 20. The van der Waals surface area contributed by atoms with Gasteiger partial charge in [0.2, 0.25) is 23.8 Å². The first-order valence-corrected chi connectivity index (χ1v) is 38.9. The van der Waals surface area contributed by atoms with Crippen molar-refractivity contribution in [1.82, 2.24) is 78.1 Å². The highest BCUT2D eigenvalue weighted by atomic mass is 15.3. The van der Waals surface area contributed by atoms with Gasteiger partial charge in [-0.3, -0.25) is 0 Å². The van der Waals surface area contributed by atoms with Gasteiger partial charge in [-0.25, -0.2) is 19.9 Å². The average molecular weight is 1480 g/mol. The lowest BCUT2D eigenvalue weighted by molar-refractivity contribution is 0.402. The smallest absolute Gasteiger partial charge is 0.227 e. The number of benzene rings is 4. The van der Waals surface area contributed by atoms with E-state index >= 15 is 0 Å². The van der Waals surface area contributed by atoms with Crippen LogP contribution in [0.5, 0.6) is 0 Å². The maximum Gasteiger partial charge on any atom is 0.227 e. The van der Waals surface area contributed by atoms with Crippen molar-refractivity contribution in [3.63, 3.8) is 0 Å². The molecule has 0 radical (unpaired) electrons. The number of hydrogen-bond acceptors (Lipinski definition) is 24. The van der Waals surface area contributed by atoms with Gasteiger partial charge in [0.15, 0.2) is 67.9 Å². The fraction of sp³-hybridized carbons (Fsp3) is 0.457. The molecule has 0 bridgehead atoms. The van der Waals surface area contributed by atoms with Gasteiger partial charge in [0.25, 0.3) is 0 Å². The molecule has 109 heavy (non-hydrogen) atoms. The van der Waals surface area contributed by atoms with Crippen molar-refractivity contribution in [2.45, 2.75) is 240 Å². The number of nitrogens with one attached hydrogen (secondary N) is 8. The van der Waals surface area contributed by atoms with Gasteiger partial charge >= 0.3 is 0 Å². The summed E-state index contributed by atoms with van der Waals surface area (Å²) in [7, 11) is 0. The molecule has 0 unspecified atom stereocenters. The summed E-state index contributed by atoms with van der Waals surface area (Å²) in [5.41, 5.74) is 40.3. The Bertz CT molecular complexity index is 4350. The van der Waals surface area contributed by atoms with Crippen LogP contribution in [0.1, 0.15) is 160 Å². The number of imidazole rings is 4. The van der Waals surface area contributed by atoms with E-state index in [4.69, 9.17) is 62.8 Å². The summed E-state index contributed by atoms with van der Waals surface area (Å²) in [6, 6.07) is 34.3. The first kappa shape index (κ1) is 77.9. The maximum atomic E-state index is 6.30. The lowest BCUT2D eigenvalue weighted by atomic mass is 9.91. The SMILES string of the molecule is C.CCn1cnc2c(Nc3cccc(C)c3)nc(N[C@@H]3CCCC[C@@H]3N)nc21.CCn1cnc2c(Nc3cccc(C)c3)nc(N[C@@H]3CCCC[C@H]3N)nc21.CCn1cnc2c(Nc3cccc(C)c3)nc(N[C@H]3CCCC[C@@H]3N)nc21.CCn1cnc2c(Nc3cccc(C)c3)nc(N[C@H]3CCCC[C@H]3N)nc21. The van der Waals surface area contributed by atoms with Crippen LogP contribution in [0.3, 0.4) is 0 Å². The maximum absolute atomic E-state index is 6.30. The number of fused-ring (bicyclic) bond motifs is 4. The third kappa shape index (κ3) is 19.4. The van der Waals surface area contributed by atoms with E-state index in [9.17, 15) is 0 Å². The van der Waals surface area contributed by atoms with Gasteiger partial charge in [0, 0.05) is 97.3 Å². The molecule has 28 nitrogen and oxygen atoms in total. The van der Waals surface area contributed by atoms with Crippen molar-refractivity contribution >= 4 is 114 Å². The van der Waals surface area contributed by atoms with E-state index in [0.717, 1.165) is 145 Å². The van der Waals surface area contributed by atoms with Crippen LogP contribution in [0.15, 0.2) is 122 Å². The lowest BCUT2D eigenvalue weighted by Gasteiger charge is -2.29. The van der Waals surface area contributed by atoms with Crippen LogP contribution in [0, 0.1) is 27.7 Å². The lowest BCUT2D eigenvalue weighted by Crippen LogP contribution is -2.43. The van der Waals surface area contributed by atoms with E-state index in [1.54, 1.807) is 0 Å². The molecule has 0 saturated heterocycles. The zero-order valence-electron chi connectivity index (χ0n) is 63.8. The molecule has 8 aromatic heterocycles. The molecule has 4 aliphatic rings. The van der Waals surface area contributed by atoms with E-state index < -0.39 is 0 Å². The van der Waals surface area contributed by atoms with Crippen LogP contribution in [-0.2, 0) is 26.2 Å². The van der Waals surface area contributed by atoms with Crippen LogP contribution in [0.2, 0.25) is 0 Å². The number of nitrogens with zero attached hydrogens (tertiary/aromatic N) is 16. The minimum Gasteiger partial charge on any atom is -0.350 e. The molecular weight excluding hydrogens is 1370 g/mol. The van der Waals surface area contributed by atoms with Gasteiger partial charge in [0.05, 0.1) is 25.3 Å². The highest BCUT2D eigenvalue weighted by Crippen LogP contribution is 2.33. The molecule has 8 heterocycles. The summed E-state index contributed by atoms with van der Waals surface area (Å²) in [5, 5.41) is 27.6. The van der Waals surface area contributed by atoms with Crippen molar-refractivity contribution < 1.29 is 0 Å². The van der Waals surface area contributed by atoms with Gasteiger partial charge in [0.1, 0.15) is 0 Å². The quantitative estimate of drug-likeness (QED) is 0.0337. The molecule has 8 atom stereocenters. The first-order chi connectivity index (χ1) is 52.5. The fourth-order valence-corrected chi connectivity index (χ4v) is 14.8. The molecule has 576 valence electrons. The predicted octanol–water partition coefficient (Wildman–Crippen LogP) is 15.0. The van der Waals surface area contributed by atoms with E-state index in [2.05, 4.69) is 166 Å². The minimum atomic E-state index is 0. The molecule has 12 aromatic rings. The minimum absolute atomic E-state index is 0. The molecule has 4 fully saturated rings. The van der Waals surface area contributed by atoms with Crippen molar-refractivity contribution in [3.8, 4) is 0 Å². The number of aromatic nitrogens is 16. The van der Waals surface area contributed by atoms with Crippen LogP contribution >= 0.6 is 0 Å². The Balaban J connectivity index is 0.000000135. The topological polar surface area (TPSA) is 375 Å². The third-order valence-electron chi connectivity index (χ3n) is 20.9. The van der Waals surface area contributed by atoms with E-state index in [0.29, 0.717) is 47.1 Å². The first-order valence-electron chi connectivity index (χ1n) is 38.9. The monoisotopic (exact) mass is 1480 g/mol. The molecule has 4 saturated carbocycles. The second-order valence-corrected chi connectivity index (χ2v) is 29.2. The van der Waals surface area contributed by atoms with Crippen LogP contribution in [0.25, 0.3) is 44.7 Å². The van der Waals surface area contributed by atoms with E-state index in [1.165, 1.54) is 73.6 Å². The summed E-state index contributed by atoms with van der Waals surface area (Å²) in [5.74, 6) is 5.28. The summed E-state index contributed by atoms with van der Waals surface area (Å²) in [4.78, 5) is 56.0. The molecule has 0 aliphatic heterocycles. The predicted molar refractivity (Wildman–Crippen MR) is 444 cm³/mol. The second kappa shape index (κ2) is 36.5. The van der Waals surface area contributed by atoms with Crippen LogP contribution in [0.4, 0.5) is 69.8 Å². The number of anilines is 12. The number of hydrogen-bond donors (Lipinski definition) is 12. The molecule has 0 spiro atoms. The largest absolute Gasteiger partial charge is 0.350 e. The van der Waals surface area contributed by atoms with Gasteiger partial charge in [-0.1, -0.05) is 107 Å². The molecule has 16 N–H and O–H groups in total. The van der Waals surface area contributed by atoms with Crippen molar-refractivity contribution in [3.05, 3.63) is 145 Å². The summed E-state index contributed by atoms with van der Waals surface area (Å²) >= 11 is 0. The number of nitrogens with two attached hydrogens (primary N) is 4. The fourth-order valence-electron chi connectivity index (χ4n) is 14.8. The molecule has 4 aliphatic carbocycles. The van der Waals surface area contributed by atoms with Crippen molar-refractivity contribution in [2.75, 3.05) is 42.5 Å². The second-order valence-electron chi connectivity index (χ2n) is 29.2.